The van der Waals surface area contributed by atoms with Crippen molar-refractivity contribution in [2.75, 3.05) is 5.32 Å². The van der Waals surface area contributed by atoms with Crippen molar-refractivity contribution in [3.05, 3.63) is 71.9 Å². The molecule has 0 saturated heterocycles. The molecule has 0 spiro atoms. The molecule has 4 rings (SSSR count). The van der Waals surface area contributed by atoms with Crippen LogP contribution in [0.1, 0.15) is 16.2 Å². The highest BCUT2D eigenvalue weighted by atomic mass is 19.1. The maximum Gasteiger partial charge on any atom is 0.279 e. The fraction of sp³-hybridized carbons (Fsp3) is 0.0556. The van der Waals surface area contributed by atoms with Crippen LogP contribution in [0.3, 0.4) is 0 Å². The highest BCUT2D eigenvalue weighted by molar-refractivity contribution is 6.03. The number of hydrogen-bond acceptors (Lipinski definition) is 5. The van der Waals surface area contributed by atoms with Crippen molar-refractivity contribution in [3.63, 3.8) is 0 Å². The van der Waals surface area contributed by atoms with E-state index in [9.17, 15) is 9.18 Å². The minimum absolute atomic E-state index is 0.0863. The summed E-state index contributed by atoms with van der Waals surface area (Å²) >= 11 is 0. The Morgan fingerprint density at radius 3 is 2.62 bits per heavy atom. The molecule has 26 heavy (non-hydrogen) atoms. The minimum Gasteiger partial charge on any atom is -0.304 e. The summed E-state index contributed by atoms with van der Waals surface area (Å²) < 4.78 is 15.2. The first-order valence-electron chi connectivity index (χ1n) is 7.84. The highest BCUT2D eigenvalue weighted by Crippen LogP contribution is 2.17. The average Bonchev–Trinajstić information content (AvgIpc) is 3.03. The van der Waals surface area contributed by atoms with Gasteiger partial charge in [-0.1, -0.05) is 29.5 Å². The monoisotopic (exact) mass is 348 g/mol. The third-order valence-corrected chi connectivity index (χ3v) is 3.88. The van der Waals surface area contributed by atoms with Gasteiger partial charge in [-0.2, -0.15) is 0 Å². The lowest BCUT2D eigenvalue weighted by atomic mass is 10.2. The van der Waals surface area contributed by atoms with Crippen LogP contribution in [0.2, 0.25) is 0 Å². The van der Waals surface area contributed by atoms with Crippen molar-refractivity contribution in [2.24, 2.45) is 0 Å². The smallest absolute Gasteiger partial charge is 0.279 e. The van der Waals surface area contributed by atoms with E-state index < -0.39 is 11.7 Å². The van der Waals surface area contributed by atoms with Crippen molar-refractivity contribution in [3.8, 4) is 5.69 Å². The van der Waals surface area contributed by atoms with Crippen molar-refractivity contribution in [1.82, 2.24) is 25.0 Å². The maximum atomic E-state index is 14.0. The number of rotatable bonds is 3. The summed E-state index contributed by atoms with van der Waals surface area (Å²) in [5.74, 6) is -0.643. The average molecular weight is 348 g/mol. The number of para-hydroxylation sites is 3. The predicted molar refractivity (Wildman–Crippen MR) is 93.5 cm³/mol. The zero-order chi connectivity index (χ0) is 18.1. The van der Waals surface area contributed by atoms with Gasteiger partial charge >= 0.3 is 0 Å². The van der Waals surface area contributed by atoms with Gasteiger partial charge in [0.25, 0.3) is 5.91 Å². The maximum absolute atomic E-state index is 14.0. The lowest BCUT2D eigenvalue weighted by Gasteiger charge is -2.06. The molecule has 4 aromatic rings. The molecule has 0 aliphatic heterocycles. The Labute approximate surface area is 147 Å². The first kappa shape index (κ1) is 15.8. The number of benzene rings is 2. The van der Waals surface area contributed by atoms with Crippen LogP contribution >= 0.6 is 0 Å². The summed E-state index contributed by atoms with van der Waals surface area (Å²) in [5, 5.41) is 10.4. The van der Waals surface area contributed by atoms with Crippen LogP contribution in [0.15, 0.2) is 54.7 Å². The summed E-state index contributed by atoms with van der Waals surface area (Å²) in [5.41, 5.74) is 2.12. The number of carbonyl (C=O) groups excluding carboxylic acids is 1. The molecule has 0 fully saturated rings. The van der Waals surface area contributed by atoms with Crippen LogP contribution in [0.4, 0.5) is 10.2 Å². The van der Waals surface area contributed by atoms with E-state index in [-0.39, 0.29) is 11.4 Å². The van der Waals surface area contributed by atoms with E-state index >= 15 is 0 Å². The van der Waals surface area contributed by atoms with Crippen LogP contribution in [-0.2, 0) is 0 Å². The van der Waals surface area contributed by atoms with E-state index in [4.69, 9.17) is 0 Å². The molecule has 1 N–H and O–H groups in total. The van der Waals surface area contributed by atoms with Gasteiger partial charge in [0.1, 0.15) is 11.5 Å². The number of nitrogens with zero attached hydrogens (tertiary/aromatic N) is 5. The van der Waals surface area contributed by atoms with E-state index in [0.29, 0.717) is 17.0 Å². The van der Waals surface area contributed by atoms with E-state index in [1.807, 2.05) is 18.2 Å². The molecule has 7 nitrogen and oxygen atoms in total. The zero-order valence-corrected chi connectivity index (χ0v) is 13.7. The lowest BCUT2D eigenvalue weighted by Crippen LogP contribution is -2.15. The highest BCUT2D eigenvalue weighted by Gasteiger charge is 2.19. The number of hydrogen-bond donors (Lipinski definition) is 1. The molecule has 0 aliphatic carbocycles. The van der Waals surface area contributed by atoms with Gasteiger partial charge in [0, 0.05) is 0 Å². The molecular weight excluding hydrogens is 335 g/mol. The molecule has 2 aromatic heterocycles. The largest absolute Gasteiger partial charge is 0.304 e. The van der Waals surface area contributed by atoms with Gasteiger partial charge in [0.15, 0.2) is 11.5 Å². The first-order chi connectivity index (χ1) is 12.6. The number of amides is 1. The third kappa shape index (κ3) is 2.77. The Bertz CT molecular complexity index is 1120. The van der Waals surface area contributed by atoms with Gasteiger partial charge < -0.3 is 5.32 Å². The summed E-state index contributed by atoms with van der Waals surface area (Å²) in [4.78, 5) is 21.1. The Kier molecular flexibility index (Phi) is 3.85. The standard InChI is InChI=1S/C18H13FN6O/c1-11-17(23-24-25(11)15-9-5-2-6-12(15)19)18(26)22-16-10-20-13-7-3-4-8-14(13)21-16/h2-10H,1H3,(H,21,22,26). The summed E-state index contributed by atoms with van der Waals surface area (Å²) in [6.45, 7) is 1.65. The summed E-state index contributed by atoms with van der Waals surface area (Å²) in [6, 6.07) is 13.5. The van der Waals surface area contributed by atoms with Crippen LogP contribution in [0.25, 0.3) is 16.7 Å². The molecule has 2 heterocycles. The van der Waals surface area contributed by atoms with Crippen LogP contribution in [0, 0.1) is 12.7 Å². The zero-order valence-electron chi connectivity index (χ0n) is 13.7. The quantitative estimate of drug-likeness (QED) is 0.615. The molecule has 0 bridgehead atoms. The fourth-order valence-corrected chi connectivity index (χ4v) is 2.58. The second kappa shape index (κ2) is 6.32. The number of halogens is 1. The van der Waals surface area contributed by atoms with Gasteiger partial charge in [-0.3, -0.25) is 9.78 Å². The van der Waals surface area contributed by atoms with E-state index in [2.05, 4.69) is 25.6 Å². The van der Waals surface area contributed by atoms with Crippen molar-refractivity contribution in [2.45, 2.75) is 6.92 Å². The molecule has 0 atom stereocenters. The van der Waals surface area contributed by atoms with E-state index in [0.717, 1.165) is 5.52 Å². The lowest BCUT2D eigenvalue weighted by molar-refractivity contribution is 0.102. The van der Waals surface area contributed by atoms with Crippen molar-refractivity contribution >= 4 is 22.8 Å². The van der Waals surface area contributed by atoms with Gasteiger partial charge in [0.05, 0.1) is 22.9 Å². The van der Waals surface area contributed by atoms with Gasteiger partial charge in [-0.05, 0) is 31.2 Å². The van der Waals surface area contributed by atoms with Crippen LogP contribution in [-0.4, -0.2) is 30.9 Å². The second-order valence-corrected chi connectivity index (χ2v) is 5.58. The number of anilines is 1. The molecule has 0 radical (unpaired) electrons. The van der Waals surface area contributed by atoms with Gasteiger partial charge in [0.2, 0.25) is 0 Å². The number of nitrogens with one attached hydrogen (secondary N) is 1. The number of aromatic nitrogens is 5. The molecular formula is C18H13FN6O. The fourth-order valence-electron chi connectivity index (χ4n) is 2.58. The second-order valence-electron chi connectivity index (χ2n) is 5.58. The summed E-state index contributed by atoms with van der Waals surface area (Å²) in [7, 11) is 0. The topological polar surface area (TPSA) is 85.6 Å². The molecule has 128 valence electrons. The summed E-state index contributed by atoms with van der Waals surface area (Å²) in [6.07, 6.45) is 1.47. The third-order valence-electron chi connectivity index (χ3n) is 3.88. The molecule has 0 aliphatic rings. The van der Waals surface area contributed by atoms with Crippen LogP contribution in [0.5, 0.6) is 0 Å². The first-order valence-corrected chi connectivity index (χ1v) is 7.84. The molecule has 8 heteroatoms. The Hall–Kier alpha value is -3.68. The molecule has 1 amide bonds. The Morgan fingerprint density at radius 1 is 1.08 bits per heavy atom. The molecule has 0 saturated carbocycles. The van der Waals surface area contributed by atoms with E-state index in [1.165, 1.54) is 16.9 Å². The normalized spacial score (nSPS) is 10.8. The Balaban J connectivity index is 1.63. The van der Waals surface area contributed by atoms with Crippen LogP contribution < -0.4 is 5.32 Å². The number of fused-ring (bicyclic) bond motifs is 1. The number of carbonyl (C=O) groups is 1. The van der Waals surface area contributed by atoms with Crippen molar-refractivity contribution in [1.29, 1.82) is 0 Å². The minimum atomic E-state index is -0.491. The predicted octanol–water partition coefficient (Wildman–Crippen LogP) is 2.91. The molecule has 0 unspecified atom stereocenters. The molecule has 2 aromatic carbocycles. The van der Waals surface area contributed by atoms with Gasteiger partial charge in [-0.15, -0.1) is 5.10 Å². The SMILES string of the molecule is Cc1c(C(=O)Nc2cnc3ccccc3n2)nnn1-c1ccccc1F. The Morgan fingerprint density at radius 2 is 1.81 bits per heavy atom. The van der Waals surface area contributed by atoms with Crippen molar-refractivity contribution < 1.29 is 9.18 Å². The van der Waals surface area contributed by atoms with E-state index in [1.54, 1.807) is 31.2 Å². The van der Waals surface area contributed by atoms with Gasteiger partial charge in [-0.25, -0.2) is 14.1 Å².